The van der Waals surface area contributed by atoms with Gasteiger partial charge in [0.05, 0.1) is 6.67 Å². The van der Waals surface area contributed by atoms with Gasteiger partial charge in [-0.25, -0.2) is 0 Å². The van der Waals surface area contributed by atoms with Crippen LogP contribution in [0.5, 0.6) is 0 Å². The topological polar surface area (TPSA) is 46.3 Å². The standard InChI is InChI=1S/C13H25FN2O/c1-11(17)16(10-12(9-15)7-8-14)13-5-3-2-4-6-13/h12-13H,2-10,15H2,1H3. The maximum atomic E-state index is 12.4. The summed E-state index contributed by atoms with van der Waals surface area (Å²) in [7, 11) is 0. The molecule has 0 aromatic rings. The van der Waals surface area contributed by atoms with E-state index in [9.17, 15) is 9.18 Å². The molecule has 0 aromatic heterocycles. The third kappa shape index (κ3) is 4.62. The number of nitrogens with zero attached hydrogens (tertiary/aromatic N) is 1. The van der Waals surface area contributed by atoms with Crippen molar-refractivity contribution >= 4 is 5.91 Å². The third-order valence-electron chi connectivity index (χ3n) is 3.73. The highest BCUT2D eigenvalue weighted by molar-refractivity contribution is 5.73. The van der Waals surface area contributed by atoms with Gasteiger partial charge in [0.25, 0.3) is 0 Å². The molecule has 0 radical (unpaired) electrons. The van der Waals surface area contributed by atoms with Gasteiger partial charge in [-0.05, 0) is 31.7 Å². The molecule has 1 unspecified atom stereocenters. The lowest BCUT2D eigenvalue weighted by atomic mass is 9.93. The summed E-state index contributed by atoms with van der Waals surface area (Å²) in [6.45, 7) is 2.34. The van der Waals surface area contributed by atoms with Crippen molar-refractivity contribution in [2.75, 3.05) is 19.8 Å². The highest BCUT2D eigenvalue weighted by Gasteiger charge is 2.25. The molecule has 1 rings (SSSR count). The average molecular weight is 244 g/mol. The number of nitrogens with two attached hydrogens (primary N) is 1. The summed E-state index contributed by atoms with van der Waals surface area (Å²) in [4.78, 5) is 13.6. The predicted octanol–water partition coefficient (Wildman–Crippen LogP) is 2.10. The molecule has 0 aliphatic heterocycles. The van der Waals surface area contributed by atoms with Crippen LogP contribution in [-0.4, -0.2) is 36.6 Å². The summed E-state index contributed by atoms with van der Waals surface area (Å²) < 4.78 is 12.4. The molecule has 3 nitrogen and oxygen atoms in total. The molecule has 1 atom stereocenters. The van der Waals surface area contributed by atoms with Crippen LogP contribution in [0, 0.1) is 5.92 Å². The minimum Gasteiger partial charge on any atom is -0.340 e. The fraction of sp³-hybridized carbons (Fsp3) is 0.923. The first kappa shape index (κ1) is 14.4. The smallest absolute Gasteiger partial charge is 0.219 e. The predicted molar refractivity (Wildman–Crippen MR) is 67.4 cm³/mol. The van der Waals surface area contributed by atoms with Crippen LogP contribution >= 0.6 is 0 Å². The Bertz CT molecular complexity index is 229. The Kier molecular flexibility index (Phi) is 6.48. The van der Waals surface area contributed by atoms with Crippen LogP contribution in [0.4, 0.5) is 4.39 Å². The van der Waals surface area contributed by atoms with Gasteiger partial charge in [-0.1, -0.05) is 19.3 Å². The zero-order valence-corrected chi connectivity index (χ0v) is 10.8. The van der Waals surface area contributed by atoms with E-state index >= 15 is 0 Å². The Morgan fingerprint density at radius 3 is 2.53 bits per heavy atom. The van der Waals surface area contributed by atoms with Gasteiger partial charge in [-0.3, -0.25) is 9.18 Å². The van der Waals surface area contributed by atoms with E-state index in [4.69, 9.17) is 5.73 Å². The van der Waals surface area contributed by atoms with Crippen molar-refractivity contribution in [2.45, 2.75) is 51.5 Å². The second-order valence-corrected chi connectivity index (χ2v) is 5.04. The Balaban J connectivity index is 2.54. The minimum absolute atomic E-state index is 0.103. The summed E-state index contributed by atoms with van der Waals surface area (Å²) in [5.41, 5.74) is 5.63. The van der Waals surface area contributed by atoms with Crippen molar-refractivity contribution in [1.82, 2.24) is 4.90 Å². The number of hydrogen-bond donors (Lipinski definition) is 1. The molecule has 1 saturated carbocycles. The van der Waals surface area contributed by atoms with Crippen LogP contribution in [0.15, 0.2) is 0 Å². The molecule has 17 heavy (non-hydrogen) atoms. The largest absolute Gasteiger partial charge is 0.340 e. The number of hydrogen-bond acceptors (Lipinski definition) is 2. The number of rotatable bonds is 6. The highest BCUT2D eigenvalue weighted by Crippen LogP contribution is 2.23. The maximum absolute atomic E-state index is 12.4. The number of carbonyl (C=O) groups is 1. The van der Waals surface area contributed by atoms with E-state index in [1.54, 1.807) is 6.92 Å². The van der Waals surface area contributed by atoms with Gasteiger partial charge >= 0.3 is 0 Å². The van der Waals surface area contributed by atoms with Crippen LogP contribution < -0.4 is 5.73 Å². The number of alkyl halides is 1. The van der Waals surface area contributed by atoms with Gasteiger partial charge in [0.2, 0.25) is 5.91 Å². The lowest BCUT2D eigenvalue weighted by molar-refractivity contribution is -0.132. The van der Waals surface area contributed by atoms with E-state index in [1.165, 1.54) is 19.3 Å². The number of amides is 1. The van der Waals surface area contributed by atoms with Crippen molar-refractivity contribution in [2.24, 2.45) is 11.7 Å². The van der Waals surface area contributed by atoms with E-state index < -0.39 is 0 Å². The van der Waals surface area contributed by atoms with Crippen molar-refractivity contribution in [1.29, 1.82) is 0 Å². The van der Waals surface area contributed by atoms with Crippen LogP contribution in [-0.2, 0) is 4.79 Å². The SMILES string of the molecule is CC(=O)N(CC(CN)CCF)C1CCCCC1. The summed E-state index contributed by atoms with van der Waals surface area (Å²) in [5.74, 6) is 0.208. The summed E-state index contributed by atoms with van der Waals surface area (Å²) in [5, 5.41) is 0. The molecule has 0 heterocycles. The third-order valence-corrected chi connectivity index (χ3v) is 3.73. The van der Waals surface area contributed by atoms with E-state index in [1.807, 2.05) is 4.90 Å². The maximum Gasteiger partial charge on any atom is 0.219 e. The van der Waals surface area contributed by atoms with E-state index in [-0.39, 0.29) is 18.5 Å². The van der Waals surface area contributed by atoms with Crippen LogP contribution in [0.3, 0.4) is 0 Å². The van der Waals surface area contributed by atoms with Crippen LogP contribution in [0.1, 0.15) is 45.4 Å². The lowest BCUT2D eigenvalue weighted by Gasteiger charge is -2.35. The monoisotopic (exact) mass is 244 g/mol. The van der Waals surface area contributed by atoms with Gasteiger partial charge in [0.1, 0.15) is 0 Å². The second-order valence-electron chi connectivity index (χ2n) is 5.04. The molecular weight excluding hydrogens is 219 g/mol. The van der Waals surface area contributed by atoms with E-state index in [2.05, 4.69) is 0 Å². The summed E-state index contributed by atoms with van der Waals surface area (Å²) in [6, 6.07) is 0.356. The van der Waals surface area contributed by atoms with E-state index in [0.29, 0.717) is 25.6 Å². The Morgan fingerprint density at radius 2 is 2.06 bits per heavy atom. The van der Waals surface area contributed by atoms with Crippen molar-refractivity contribution in [3.05, 3.63) is 0 Å². The normalized spacial score (nSPS) is 19.0. The highest BCUT2D eigenvalue weighted by atomic mass is 19.1. The van der Waals surface area contributed by atoms with Crippen LogP contribution in [0.25, 0.3) is 0 Å². The van der Waals surface area contributed by atoms with E-state index in [0.717, 1.165) is 12.8 Å². The fourth-order valence-electron chi connectivity index (χ4n) is 2.64. The van der Waals surface area contributed by atoms with Crippen molar-refractivity contribution in [3.8, 4) is 0 Å². The molecular formula is C13H25FN2O. The molecule has 1 amide bonds. The van der Waals surface area contributed by atoms with Crippen molar-refractivity contribution in [3.63, 3.8) is 0 Å². The average Bonchev–Trinajstić information content (AvgIpc) is 2.35. The number of halogens is 1. The molecule has 1 aliphatic carbocycles. The van der Waals surface area contributed by atoms with Crippen molar-refractivity contribution < 1.29 is 9.18 Å². The van der Waals surface area contributed by atoms with Gasteiger partial charge in [0, 0.05) is 19.5 Å². The van der Waals surface area contributed by atoms with Gasteiger partial charge in [0.15, 0.2) is 0 Å². The molecule has 2 N–H and O–H groups in total. The quantitative estimate of drug-likeness (QED) is 0.777. The molecule has 1 aliphatic rings. The van der Waals surface area contributed by atoms with Gasteiger partial charge in [-0.15, -0.1) is 0 Å². The Labute approximate surface area is 104 Å². The summed E-state index contributed by atoms with van der Waals surface area (Å²) >= 11 is 0. The molecule has 0 aromatic carbocycles. The Hall–Kier alpha value is -0.640. The fourth-order valence-corrected chi connectivity index (χ4v) is 2.64. The zero-order valence-electron chi connectivity index (χ0n) is 10.8. The van der Waals surface area contributed by atoms with Crippen LogP contribution in [0.2, 0.25) is 0 Å². The molecule has 4 heteroatoms. The molecule has 100 valence electrons. The second kappa shape index (κ2) is 7.64. The molecule has 0 bridgehead atoms. The summed E-state index contributed by atoms with van der Waals surface area (Å²) in [6.07, 6.45) is 6.31. The van der Waals surface area contributed by atoms with Gasteiger partial charge < -0.3 is 10.6 Å². The number of carbonyl (C=O) groups excluding carboxylic acids is 1. The zero-order chi connectivity index (χ0) is 12.7. The lowest BCUT2D eigenvalue weighted by Crippen LogP contribution is -2.44. The molecule has 1 fully saturated rings. The Morgan fingerprint density at radius 1 is 1.41 bits per heavy atom. The minimum atomic E-state index is -0.349. The van der Waals surface area contributed by atoms with Gasteiger partial charge in [-0.2, -0.15) is 0 Å². The first-order chi connectivity index (χ1) is 8.19. The molecule has 0 spiro atoms. The first-order valence-electron chi connectivity index (χ1n) is 6.72. The first-order valence-corrected chi connectivity index (χ1v) is 6.72. The molecule has 0 saturated heterocycles.